The molecule has 6 nitrogen and oxygen atoms in total. The lowest BCUT2D eigenvalue weighted by atomic mass is 9.96. The summed E-state index contributed by atoms with van der Waals surface area (Å²) in [4.78, 5) is 12.5. The van der Waals surface area contributed by atoms with Gasteiger partial charge in [-0.15, -0.1) is 12.4 Å². The lowest BCUT2D eigenvalue weighted by molar-refractivity contribution is 0.0950. The first-order valence-corrected chi connectivity index (χ1v) is 10.0. The molecule has 1 amide bonds. The molecule has 1 aromatic carbocycles. The van der Waals surface area contributed by atoms with E-state index in [1.54, 1.807) is 13.0 Å². The highest BCUT2D eigenvalue weighted by atomic mass is 35.5. The molecule has 1 aromatic rings. The summed E-state index contributed by atoms with van der Waals surface area (Å²) in [7, 11) is -3.56. The van der Waals surface area contributed by atoms with E-state index in [0.717, 1.165) is 25.1 Å². The predicted molar refractivity (Wildman–Crippen MR) is 102 cm³/mol. The third kappa shape index (κ3) is 6.26. The molecule has 1 fully saturated rings. The first-order valence-electron chi connectivity index (χ1n) is 8.53. The van der Waals surface area contributed by atoms with Crippen LogP contribution in [0, 0.1) is 12.8 Å². The van der Waals surface area contributed by atoms with E-state index in [1.807, 2.05) is 6.92 Å². The molecule has 0 spiro atoms. The van der Waals surface area contributed by atoms with E-state index in [0.29, 0.717) is 24.6 Å². The van der Waals surface area contributed by atoms with Crippen LogP contribution in [0.3, 0.4) is 0 Å². The molecule has 0 radical (unpaired) electrons. The molecule has 1 atom stereocenters. The maximum Gasteiger partial charge on any atom is 0.251 e. The molecule has 0 bridgehead atoms. The molecule has 8 heteroatoms. The van der Waals surface area contributed by atoms with Gasteiger partial charge in [0.25, 0.3) is 5.91 Å². The van der Waals surface area contributed by atoms with E-state index in [2.05, 4.69) is 15.4 Å². The molecule has 1 saturated heterocycles. The van der Waals surface area contributed by atoms with Gasteiger partial charge >= 0.3 is 0 Å². The second-order valence-corrected chi connectivity index (χ2v) is 8.00. The summed E-state index contributed by atoms with van der Waals surface area (Å²) < 4.78 is 26.6. The van der Waals surface area contributed by atoms with Crippen molar-refractivity contribution in [3.63, 3.8) is 0 Å². The summed E-state index contributed by atoms with van der Waals surface area (Å²) >= 11 is 0. The van der Waals surface area contributed by atoms with E-state index >= 15 is 0 Å². The Morgan fingerprint density at radius 2 is 2.12 bits per heavy atom. The number of aryl methyl sites for hydroxylation is 1. The third-order valence-electron chi connectivity index (χ3n) is 4.34. The summed E-state index contributed by atoms with van der Waals surface area (Å²) in [5.74, 6) is 0.380. The van der Waals surface area contributed by atoms with Gasteiger partial charge in [-0.1, -0.05) is 13.0 Å². The molecular weight excluding hydrogens is 362 g/mol. The quantitative estimate of drug-likeness (QED) is 0.664. The minimum atomic E-state index is -3.56. The van der Waals surface area contributed by atoms with Crippen molar-refractivity contribution >= 4 is 28.3 Å². The number of hydrogen-bond donors (Lipinski definition) is 3. The van der Waals surface area contributed by atoms with Crippen LogP contribution in [-0.2, 0) is 10.0 Å². The number of nitrogens with one attached hydrogen (secondary N) is 3. The number of halogens is 1. The molecule has 0 saturated carbocycles. The molecule has 25 heavy (non-hydrogen) atoms. The van der Waals surface area contributed by atoms with Gasteiger partial charge in [0.1, 0.15) is 0 Å². The molecular formula is C17H28ClN3O3S. The Labute approximate surface area is 156 Å². The van der Waals surface area contributed by atoms with Crippen LogP contribution in [0.4, 0.5) is 0 Å². The maximum atomic E-state index is 12.4. The van der Waals surface area contributed by atoms with E-state index in [1.165, 1.54) is 25.0 Å². The Kier molecular flexibility index (Phi) is 8.85. The topological polar surface area (TPSA) is 87.3 Å². The van der Waals surface area contributed by atoms with Crippen molar-refractivity contribution in [2.75, 3.05) is 26.2 Å². The van der Waals surface area contributed by atoms with Gasteiger partial charge in [-0.25, -0.2) is 13.1 Å². The zero-order valence-corrected chi connectivity index (χ0v) is 16.4. The SMILES string of the molecule is CCNS(=O)(=O)c1ccc(C)c(C(=O)NCCC2CCCNC2)c1.Cl. The molecule has 2 rings (SSSR count). The zero-order valence-electron chi connectivity index (χ0n) is 14.8. The highest BCUT2D eigenvalue weighted by Crippen LogP contribution is 2.16. The average molecular weight is 390 g/mol. The van der Waals surface area contributed by atoms with Crippen molar-refractivity contribution in [2.45, 2.75) is 38.0 Å². The van der Waals surface area contributed by atoms with Crippen LogP contribution < -0.4 is 15.4 Å². The van der Waals surface area contributed by atoms with Gasteiger partial charge in [-0.2, -0.15) is 0 Å². The standard InChI is InChI=1S/C17H27N3O3S.ClH/c1-3-20-24(22,23)15-7-6-13(2)16(11-15)17(21)19-10-8-14-5-4-9-18-12-14;/h6-7,11,14,18,20H,3-5,8-10,12H2,1-2H3,(H,19,21);1H. The fourth-order valence-electron chi connectivity index (χ4n) is 2.94. The number of benzene rings is 1. The molecule has 1 heterocycles. The lowest BCUT2D eigenvalue weighted by Gasteiger charge is -2.22. The minimum absolute atomic E-state index is 0. The van der Waals surface area contributed by atoms with Crippen LogP contribution in [0.5, 0.6) is 0 Å². The van der Waals surface area contributed by atoms with Crippen molar-refractivity contribution in [3.8, 4) is 0 Å². The van der Waals surface area contributed by atoms with Crippen LogP contribution >= 0.6 is 12.4 Å². The van der Waals surface area contributed by atoms with E-state index in [9.17, 15) is 13.2 Å². The Hall–Kier alpha value is -1.15. The fourth-order valence-corrected chi connectivity index (χ4v) is 4.01. The summed E-state index contributed by atoms with van der Waals surface area (Å²) in [6.07, 6.45) is 3.31. The second-order valence-electron chi connectivity index (χ2n) is 6.24. The summed E-state index contributed by atoms with van der Waals surface area (Å²) in [5.41, 5.74) is 1.18. The van der Waals surface area contributed by atoms with Crippen LogP contribution in [0.1, 0.15) is 42.1 Å². The number of piperidine rings is 1. The molecule has 3 N–H and O–H groups in total. The van der Waals surface area contributed by atoms with Crippen molar-refractivity contribution in [3.05, 3.63) is 29.3 Å². The van der Waals surface area contributed by atoms with Crippen molar-refractivity contribution in [2.24, 2.45) is 5.92 Å². The van der Waals surface area contributed by atoms with Gasteiger partial charge in [0, 0.05) is 18.7 Å². The summed E-state index contributed by atoms with van der Waals surface area (Å²) in [6.45, 7) is 6.53. The van der Waals surface area contributed by atoms with Gasteiger partial charge < -0.3 is 10.6 Å². The van der Waals surface area contributed by atoms with E-state index in [-0.39, 0.29) is 23.2 Å². The Morgan fingerprint density at radius 1 is 1.36 bits per heavy atom. The molecule has 1 aliphatic rings. The Morgan fingerprint density at radius 3 is 2.76 bits per heavy atom. The van der Waals surface area contributed by atoms with Crippen molar-refractivity contribution < 1.29 is 13.2 Å². The largest absolute Gasteiger partial charge is 0.352 e. The molecule has 142 valence electrons. The highest BCUT2D eigenvalue weighted by Gasteiger charge is 2.18. The van der Waals surface area contributed by atoms with Gasteiger partial charge in [0.15, 0.2) is 0 Å². The molecule has 1 unspecified atom stereocenters. The number of sulfonamides is 1. The van der Waals surface area contributed by atoms with Gasteiger partial charge in [0.2, 0.25) is 10.0 Å². The number of carbonyl (C=O) groups is 1. The smallest absolute Gasteiger partial charge is 0.251 e. The maximum absolute atomic E-state index is 12.4. The first kappa shape index (κ1) is 21.9. The van der Waals surface area contributed by atoms with E-state index in [4.69, 9.17) is 0 Å². The van der Waals surface area contributed by atoms with Gasteiger partial charge in [-0.3, -0.25) is 4.79 Å². The third-order valence-corrected chi connectivity index (χ3v) is 5.88. The monoisotopic (exact) mass is 389 g/mol. The Bertz CT molecular complexity index is 674. The Balaban J connectivity index is 0.00000312. The van der Waals surface area contributed by atoms with E-state index < -0.39 is 10.0 Å². The number of carbonyl (C=O) groups excluding carboxylic acids is 1. The first-order chi connectivity index (χ1) is 11.4. The van der Waals surface area contributed by atoms with Crippen LogP contribution in [0.2, 0.25) is 0 Å². The van der Waals surface area contributed by atoms with Gasteiger partial charge in [-0.05, 0) is 62.9 Å². The van der Waals surface area contributed by atoms with Crippen molar-refractivity contribution in [1.29, 1.82) is 0 Å². The normalized spacial score (nSPS) is 17.6. The zero-order chi connectivity index (χ0) is 17.6. The van der Waals surface area contributed by atoms with Gasteiger partial charge in [0.05, 0.1) is 4.90 Å². The number of hydrogen-bond acceptors (Lipinski definition) is 4. The van der Waals surface area contributed by atoms with Crippen LogP contribution in [-0.4, -0.2) is 40.5 Å². The number of amides is 1. The second kappa shape index (κ2) is 10.1. The average Bonchev–Trinajstić information content (AvgIpc) is 2.56. The van der Waals surface area contributed by atoms with Crippen LogP contribution in [0.15, 0.2) is 23.1 Å². The van der Waals surface area contributed by atoms with Crippen LogP contribution in [0.25, 0.3) is 0 Å². The minimum Gasteiger partial charge on any atom is -0.352 e. The predicted octanol–water partition coefficient (Wildman–Crippen LogP) is 1.83. The fraction of sp³-hybridized carbons (Fsp3) is 0.588. The van der Waals surface area contributed by atoms with Crippen molar-refractivity contribution in [1.82, 2.24) is 15.4 Å². The summed E-state index contributed by atoms with van der Waals surface area (Å²) in [5, 5.41) is 6.28. The molecule has 0 aromatic heterocycles. The molecule has 0 aliphatic carbocycles. The lowest BCUT2D eigenvalue weighted by Crippen LogP contribution is -2.33. The number of rotatable bonds is 7. The molecule has 1 aliphatic heterocycles. The summed E-state index contributed by atoms with van der Waals surface area (Å²) in [6, 6.07) is 4.65. The highest BCUT2D eigenvalue weighted by molar-refractivity contribution is 7.89.